The maximum atomic E-state index is 14.2. The molecule has 126 valence electrons. The van der Waals surface area contributed by atoms with Crippen molar-refractivity contribution in [2.45, 2.75) is 32.2 Å². The Balaban J connectivity index is 1.51. The largest absolute Gasteiger partial charge is 0.370 e. The third-order valence-corrected chi connectivity index (χ3v) is 6.36. The van der Waals surface area contributed by atoms with E-state index >= 15 is 0 Å². The van der Waals surface area contributed by atoms with Crippen LogP contribution in [0.15, 0.2) is 24.3 Å². The fourth-order valence-electron chi connectivity index (χ4n) is 5.33. The molecule has 3 saturated heterocycles. The summed E-state index contributed by atoms with van der Waals surface area (Å²) in [4.78, 5) is 9.66. The van der Waals surface area contributed by atoms with E-state index in [1.165, 1.54) is 44.1 Å². The van der Waals surface area contributed by atoms with Gasteiger partial charge in [-0.25, -0.2) is 9.37 Å². The highest BCUT2D eigenvalue weighted by Crippen LogP contribution is 2.43. The molecule has 5 rings (SSSR count). The molecular formula is C20H24FN3. The zero-order chi connectivity index (χ0) is 16.3. The van der Waals surface area contributed by atoms with Gasteiger partial charge in [0.05, 0.1) is 0 Å². The second-order valence-corrected chi connectivity index (χ2v) is 7.81. The topological polar surface area (TPSA) is 19.4 Å². The molecule has 1 aromatic heterocycles. The molecule has 4 heteroatoms. The number of hydrogen-bond donors (Lipinski definition) is 0. The van der Waals surface area contributed by atoms with E-state index in [1.54, 1.807) is 6.07 Å². The Labute approximate surface area is 142 Å². The highest BCUT2D eigenvalue weighted by Gasteiger charge is 2.47. The van der Waals surface area contributed by atoms with Crippen LogP contribution in [-0.2, 0) is 0 Å². The number of fused-ring (bicyclic) bond motifs is 4. The van der Waals surface area contributed by atoms with E-state index in [4.69, 9.17) is 0 Å². The van der Waals surface area contributed by atoms with Crippen LogP contribution in [0.4, 0.5) is 10.1 Å². The number of benzene rings is 1. The molecule has 0 spiro atoms. The minimum Gasteiger partial charge on any atom is -0.370 e. The summed E-state index contributed by atoms with van der Waals surface area (Å²) in [5.41, 5.74) is 2.59. The van der Waals surface area contributed by atoms with Crippen LogP contribution in [-0.4, -0.2) is 42.1 Å². The monoisotopic (exact) mass is 325 g/mol. The summed E-state index contributed by atoms with van der Waals surface area (Å²) in [7, 11) is 0. The fourth-order valence-corrected chi connectivity index (χ4v) is 5.33. The molecule has 3 nitrogen and oxygen atoms in total. The minimum absolute atomic E-state index is 0.213. The van der Waals surface area contributed by atoms with E-state index in [1.807, 2.05) is 13.0 Å². The molecule has 0 bridgehead atoms. The molecule has 0 N–H and O–H groups in total. The number of aromatic nitrogens is 1. The van der Waals surface area contributed by atoms with Gasteiger partial charge in [0.25, 0.3) is 0 Å². The lowest BCUT2D eigenvalue weighted by Gasteiger charge is -2.33. The van der Waals surface area contributed by atoms with E-state index < -0.39 is 0 Å². The van der Waals surface area contributed by atoms with Crippen molar-refractivity contribution < 1.29 is 4.39 Å². The van der Waals surface area contributed by atoms with Gasteiger partial charge in [-0.15, -0.1) is 0 Å². The molecule has 0 saturated carbocycles. The highest BCUT2D eigenvalue weighted by atomic mass is 19.1. The third-order valence-electron chi connectivity index (χ3n) is 6.36. The quantitative estimate of drug-likeness (QED) is 0.798. The average Bonchev–Trinajstić information content (AvgIpc) is 3.13. The number of aryl methyl sites for hydroxylation is 1. The van der Waals surface area contributed by atoms with Gasteiger partial charge in [-0.2, -0.15) is 0 Å². The van der Waals surface area contributed by atoms with Crippen LogP contribution in [0.25, 0.3) is 10.9 Å². The van der Waals surface area contributed by atoms with Gasteiger partial charge in [0.2, 0.25) is 0 Å². The SMILES string of the molecule is Cc1cc(N2CC3CN4CCCCC4C3C2)c2cccc(F)c2n1. The molecule has 3 aliphatic heterocycles. The highest BCUT2D eigenvalue weighted by molar-refractivity contribution is 5.92. The number of para-hydroxylation sites is 1. The van der Waals surface area contributed by atoms with Gasteiger partial charge >= 0.3 is 0 Å². The summed E-state index contributed by atoms with van der Waals surface area (Å²) in [6.45, 7) is 6.73. The van der Waals surface area contributed by atoms with Gasteiger partial charge in [0, 0.05) is 42.4 Å². The van der Waals surface area contributed by atoms with Gasteiger partial charge < -0.3 is 4.90 Å². The second-order valence-electron chi connectivity index (χ2n) is 7.81. The van der Waals surface area contributed by atoms with Crippen LogP contribution in [0, 0.1) is 24.6 Å². The van der Waals surface area contributed by atoms with Gasteiger partial charge in [0.1, 0.15) is 11.3 Å². The molecule has 1 aromatic carbocycles. The molecule has 4 heterocycles. The number of anilines is 1. The molecular weight excluding hydrogens is 301 g/mol. The first-order valence-corrected chi connectivity index (χ1v) is 9.25. The number of pyridine rings is 1. The number of nitrogens with zero attached hydrogens (tertiary/aromatic N) is 3. The summed E-state index contributed by atoms with van der Waals surface area (Å²) in [6.07, 6.45) is 4.11. The van der Waals surface area contributed by atoms with Crippen LogP contribution in [0.3, 0.4) is 0 Å². The van der Waals surface area contributed by atoms with Crippen molar-refractivity contribution in [3.05, 3.63) is 35.8 Å². The minimum atomic E-state index is -0.213. The van der Waals surface area contributed by atoms with Gasteiger partial charge in [-0.3, -0.25) is 4.90 Å². The summed E-state index contributed by atoms with van der Waals surface area (Å²) >= 11 is 0. The molecule has 24 heavy (non-hydrogen) atoms. The lowest BCUT2D eigenvalue weighted by atomic mass is 9.90. The molecule has 3 aliphatic rings. The maximum Gasteiger partial charge on any atom is 0.149 e. The van der Waals surface area contributed by atoms with Crippen molar-refractivity contribution in [1.29, 1.82) is 0 Å². The Morgan fingerprint density at radius 3 is 3.00 bits per heavy atom. The maximum absolute atomic E-state index is 14.2. The fraction of sp³-hybridized carbons (Fsp3) is 0.550. The van der Waals surface area contributed by atoms with Crippen molar-refractivity contribution in [1.82, 2.24) is 9.88 Å². The van der Waals surface area contributed by atoms with Gasteiger partial charge in [-0.05, 0) is 50.3 Å². The zero-order valence-electron chi connectivity index (χ0n) is 14.2. The van der Waals surface area contributed by atoms with E-state index in [-0.39, 0.29) is 5.82 Å². The van der Waals surface area contributed by atoms with E-state index in [0.717, 1.165) is 42.0 Å². The molecule has 3 atom stereocenters. The van der Waals surface area contributed by atoms with Crippen LogP contribution in [0.2, 0.25) is 0 Å². The Morgan fingerprint density at radius 1 is 1.17 bits per heavy atom. The van der Waals surface area contributed by atoms with Crippen LogP contribution in [0.5, 0.6) is 0 Å². The smallest absolute Gasteiger partial charge is 0.149 e. The van der Waals surface area contributed by atoms with Crippen molar-refractivity contribution in [3.8, 4) is 0 Å². The Hall–Kier alpha value is -1.68. The van der Waals surface area contributed by atoms with E-state index in [2.05, 4.69) is 20.9 Å². The Bertz CT molecular complexity index is 790. The predicted octanol–water partition coefficient (Wildman–Crippen LogP) is 3.60. The first-order valence-electron chi connectivity index (χ1n) is 9.25. The lowest BCUT2D eigenvalue weighted by Crippen LogP contribution is -2.39. The summed E-state index contributed by atoms with van der Waals surface area (Å²) < 4.78 is 14.2. The van der Waals surface area contributed by atoms with Crippen molar-refractivity contribution in [2.24, 2.45) is 11.8 Å². The van der Waals surface area contributed by atoms with Crippen LogP contribution in [0.1, 0.15) is 25.0 Å². The number of piperidine rings is 1. The first kappa shape index (κ1) is 14.6. The van der Waals surface area contributed by atoms with Crippen molar-refractivity contribution >= 4 is 16.6 Å². The molecule has 0 radical (unpaired) electrons. The second kappa shape index (κ2) is 5.41. The number of halogens is 1. The predicted molar refractivity (Wildman–Crippen MR) is 94.8 cm³/mol. The van der Waals surface area contributed by atoms with E-state index in [9.17, 15) is 4.39 Å². The van der Waals surface area contributed by atoms with Gasteiger partial charge in [0.15, 0.2) is 0 Å². The number of rotatable bonds is 1. The van der Waals surface area contributed by atoms with Crippen LogP contribution < -0.4 is 4.90 Å². The summed E-state index contributed by atoms with van der Waals surface area (Å²) in [5.74, 6) is 1.34. The molecule has 3 unspecified atom stereocenters. The standard InChI is InChI=1S/C20H24FN3/c1-13-9-19(15-5-4-6-17(21)20(15)22-13)24-11-14-10-23-8-3-2-7-18(23)16(14)12-24/h4-6,9,14,16,18H,2-3,7-8,10-12H2,1H3. The molecule has 3 fully saturated rings. The number of hydrogen-bond acceptors (Lipinski definition) is 3. The zero-order valence-corrected chi connectivity index (χ0v) is 14.2. The average molecular weight is 325 g/mol. The van der Waals surface area contributed by atoms with E-state index in [0.29, 0.717) is 5.52 Å². The molecule has 0 amide bonds. The third kappa shape index (κ3) is 2.16. The Morgan fingerprint density at radius 2 is 2.08 bits per heavy atom. The van der Waals surface area contributed by atoms with Gasteiger partial charge in [-0.1, -0.05) is 18.6 Å². The molecule has 2 aromatic rings. The summed E-state index contributed by atoms with van der Waals surface area (Å²) in [6, 6.07) is 8.25. The Kier molecular flexibility index (Phi) is 3.30. The van der Waals surface area contributed by atoms with Crippen molar-refractivity contribution in [2.75, 3.05) is 31.1 Å². The lowest BCUT2D eigenvalue weighted by molar-refractivity contribution is 0.173. The summed E-state index contributed by atoms with van der Waals surface area (Å²) in [5, 5.41) is 0.959. The normalized spacial score (nSPS) is 29.9. The molecule has 0 aliphatic carbocycles. The van der Waals surface area contributed by atoms with Crippen LogP contribution >= 0.6 is 0 Å². The first-order chi connectivity index (χ1) is 11.7. The van der Waals surface area contributed by atoms with Crippen molar-refractivity contribution in [3.63, 3.8) is 0 Å².